The molecule has 0 aromatic carbocycles. The first-order chi connectivity index (χ1) is 5.01. The molecule has 1 unspecified atom stereocenters. The average Bonchev–Trinajstić information content (AvgIpc) is 1.86. The van der Waals surface area contributed by atoms with E-state index in [0.717, 1.165) is 19.4 Å². The maximum atomic E-state index is 10.5. The molecule has 1 rings (SSSR count). The van der Waals surface area contributed by atoms with Crippen molar-refractivity contribution in [3.63, 3.8) is 0 Å². The summed E-state index contributed by atoms with van der Waals surface area (Å²) in [6, 6.07) is -0.192. The average molecular weight is 158 g/mol. The maximum Gasteiger partial charge on any atom is 0.362 e. The lowest BCUT2D eigenvalue weighted by atomic mass is 9.83. The first kappa shape index (κ1) is 8.53. The van der Waals surface area contributed by atoms with E-state index in [1.807, 2.05) is 5.32 Å². The molecule has 1 heterocycles. The number of rotatable bonds is 1. The molecule has 0 saturated carbocycles. The monoisotopic (exact) mass is 158 g/mol. The van der Waals surface area contributed by atoms with Crippen molar-refractivity contribution >= 4 is 5.97 Å². The fraction of sp³-hybridized carbons (Fsp3) is 0.875. The first-order valence-corrected chi connectivity index (χ1v) is 4.07. The number of carboxylic acid groups (broad SMARTS) is 1. The summed E-state index contributed by atoms with van der Waals surface area (Å²) in [6.45, 7) is 5.30. The predicted octanol–water partition coefficient (Wildman–Crippen LogP) is -0.177. The molecule has 1 fully saturated rings. The van der Waals surface area contributed by atoms with Crippen LogP contribution in [-0.4, -0.2) is 23.7 Å². The largest absolute Gasteiger partial charge is 0.477 e. The molecule has 0 bridgehead atoms. The minimum atomic E-state index is -0.666. The molecule has 1 saturated heterocycles. The minimum Gasteiger partial charge on any atom is -0.477 e. The van der Waals surface area contributed by atoms with Gasteiger partial charge in [0.15, 0.2) is 6.04 Å². The Labute approximate surface area is 66.8 Å². The van der Waals surface area contributed by atoms with Crippen LogP contribution in [0.5, 0.6) is 0 Å². The van der Waals surface area contributed by atoms with Gasteiger partial charge in [-0.2, -0.15) is 0 Å². The highest BCUT2D eigenvalue weighted by Crippen LogP contribution is 2.22. The summed E-state index contributed by atoms with van der Waals surface area (Å²) in [5, 5.41) is 10.6. The topological polar surface area (TPSA) is 53.9 Å². The van der Waals surface area contributed by atoms with Gasteiger partial charge in [0.1, 0.15) is 0 Å². The Hall–Kier alpha value is -0.570. The molecule has 1 aliphatic heterocycles. The molecule has 0 aromatic rings. The number of nitrogens with two attached hydrogens (primary N) is 1. The Morgan fingerprint density at radius 3 is 2.64 bits per heavy atom. The van der Waals surface area contributed by atoms with Crippen molar-refractivity contribution < 1.29 is 15.2 Å². The van der Waals surface area contributed by atoms with E-state index >= 15 is 0 Å². The summed E-state index contributed by atoms with van der Waals surface area (Å²) in [5.74, 6) is -0.666. The molecule has 3 heteroatoms. The van der Waals surface area contributed by atoms with E-state index in [1.165, 1.54) is 0 Å². The molecule has 3 N–H and O–H groups in total. The molecule has 1 aliphatic rings. The van der Waals surface area contributed by atoms with Crippen LogP contribution in [0.15, 0.2) is 0 Å². The number of hydrogen-bond acceptors (Lipinski definition) is 1. The summed E-state index contributed by atoms with van der Waals surface area (Å²) in [6.07, 6.45) is 1.84. The van der Waals surface area contributed by atoms with Crippen molar-refractivity contribution in [1.82, 2.24) is 0 Å². The summed E-state index contributed by atoms with van der Waals surface area (Å²) < 4.78 is 0. The van der Waals surface area contributed by atoms with Gasteiger partial charge in [-0.25, -0.2) is 4.79 Å². The lowest BCUT2D eigenvalue weighted by Crippen LogP contribution is -2.95. The van der Waals surface area contributed by atoms with E-state index < -0.39 is 5.97 Å². The molecule has 11 heavy (non-hydrogen) atoms. The second kappa shape index (κ2) is 2.81. The van der Waals surface area contributed by atoms with Gasteiger partial charge in [0, 0.05) is 11.8 Å². The molecule has 64 valence electrons. The maximum absolute atomic E-state index is 10.5. The Bertz CT molecular complexity index is 155. The van der Waals surface area contributed by atoms with Crippen LogP contribution in [0.2, 0.25) is 0 Å². The quantitative estimate of drug-likeness (QED) is 0.556. The molecule has 0 aromatic heterocycles. The summed E-state index contributed by atoms with van der Waals surface area (Å²) in [5.41, 5.74) is 0.325. The lowest BCUT2D eigenvalue weighted by molar-refractivity contribution is -0.698. The van der Waals surface area contributed by atoms with Gasteiger partial charge in [-0.15, -0.1) is 0 Å². The van der Waals surface area contributed by atoms with Crippen LogP contribution in [0.4, 0.5) is 0 Å². The molecular weight excluding hydrogens is 142 g/mol. The zero-order chi connectivity index (χ0) is 8.48. The summed E-state index contributed by atoms with van der Waals surface area (Å²) in [7, 11) is 0. The van der Waals surface area contributed by atoms with E-state index in [2.05, 4.69) is 13.8 Å². The Morgan fingerprint density at radius 1 is 1.64 bits per heavy atom. The van der Waals surface area contributed by atoms with Crippen LogP contribution in [0.3, 0.4) is 0 Å². The summed E-state index contributed by atoms with van der Waals surface area (Å²) in [4.78, 5) is 10.5. The van der Waals surface area contributed by atoms with Gasteiger partial charge in [-0.3, -0.25) is 0 Å². The highest BCUT2D eigenvalue weighted by molar-refractivity contribution is 5.71. The molecule has 0 radical (unpaired) electrons. The second-order valence-electron chi connectivity index (χ2n) is 4.09. The third-order valence-electron chi connectivity index (χ3n) is 2.40. The van der Waals surface area contributed by atoms with Gasteiger partial charge in [-0.1, -0.05) is 13.8 Å². The van der Waals surface area contributed by atoms with Gasteiger partial charge < -0.3 is 10.4 Å². The van der Waals surface area contributed by atoms with Crippen LogP contribution in [-0.2, 0) is 4.79 Å². The van der Waals surface area contributed by atoms with E-state index in [9.17, 15) is 4.79 Å². The fourth-order valence-corrected chi connectivity index (χ4v) is 1.45. The Kier molecular flexibility index (Phi) is 2.18. The van der Waals surface area contributed by atoms with Gasteiger partial charge in [-0.05, 0) is 6.42 Å². The number of carbonyl (C=O) groups is 1. The van der Waals surface area contributed by atoms with Crippen LogP contribution >= 0.6 is 0 Å². The highest BCUT2D eigenvalue weighted by Gasteiger charge is 2.33. The molecule has 0 aliphatic carbocycles. The number of aliphatic carboxylic acids is 1. The smallest absolute Gasteiger partial charge is 0.362 e. The van der Waals surface area contributed by atoms with Gasteiger partial charge in [0.25, 0.3) is 0 Å². The molecule has 0 spiro atoms. The SMILES string of the molecule is CC1(C)CCC(C(=O)O)[NH2+]C1. The second-order valence-corrected chi connectivity index (χ2v) is 4.09. The standard InChI is InChI=1S/C8H15NO2/c1-8(2)4-3-6(7(10)11)9-5-8/h6,9H,3-5H2,1-2H3,(H,10,11)/p+1. The Morgan fingerprint density at radius 2 is 2.27 bits per heavy atom. The van der Waals surface area contributed by atoms with Crippen LogP contribution < -0.4 is 5.32 Å². The zero-order valence-corrected chi connectivity index (χ0v) is 7.13. The van der Waals surface area contributed by atoms with Crippen molar-refractivity contribution in [3.05, 3.63) is 0 Å². The van der Waals surface area contributed by atoms with Crippen molar-refractivity contribution in [2.75, 3.05) is 6.54 Å². The van der Waals surface area contributed by atoms with Gasteiger partial charge >= 0.3 is 5.97 Å². The number of carboxylic acids is 1. The van der Waals surface area contributed by atoms with E-state index in [4.69, 9.17) is 5.11 Å². The van der Waals surface area contributed by atoms with Gasteiger partial charge in [0.05, 0.1) is 6.54 Å². The fourth-order valence-electron chi connectivity index (χ4n) is 1.45. The molecule has 3 nitrogen and oxygen atoms in total. The van der Waals surface area contributed by atoms with Crippen LogP contribution in [0.1, 0.15) is 26.7 Å². The number of hydrogen-bond donors (Lipinski definition) is 2. The minimum absolute atomic E-state index is 0.192. The Balaban J connectivity index is 2.42. The lowest BCUT2D eigenvalue weighted by Gasteiger charge is -2.30. The predicted molar refractivity (Wildman–Crippen MR) is 41.2 cm³/mol. The molecule has 1 atom stereocenters. The van der Waals surface area contributed by atoms with E-state index in [-0.39, 0.29) is 6.04 Å². The zero-order valence-electron chi connectivity index (χ0n) is 7.13. The molecular formula is C8H16NO2+. The third-order valence-corrected chi connectivity index (χ3v) is 2.40. The van der Waals surface area contributed by atoms with E-state index in [1.54, 1.807) is 0 Å². The van der Waals surface area contributed by atoms with E-state index in [0.29, 0.717) is 5.41 Å². The molecule has 0 amide bonds. The normalized spacial score (nSPS) is 29.8. The van der Waals surface area contributed by atoms with Crippen LogP contribution in [0, 0.1) is 5.41 Å². The van der Waals surface area contributed by atoms with Gasteiger partial charge in [0.2, 0.25) is 0 Å². The van der Waals surface area contributed by atoms with Crippen molar-refractivity contribution in [2.45, 2.75) is 32.7 Å². The number of piperidine rings is 1. The third kappa shape index (κ3) is 2.19. The highest BCUT2D eigenvalue weighted by atomic mass is 16.4. The van der Waals surface area contributed by atoms with Crippen LogP contribution in [0.25, 0.3) is 0 Å². The first-order valence-electron chi connectivity index (χ1n) is 4.07. The van der Waals surface area contributed by atoms with Crippen molar-refractivity contribution in [3.8, 4) is 0 Å². The summed E-state index contributed by atoms with van der Waals surface area (Å²) >= 11 is 0. The van der Waals surface area contributed by atoms with Crippen molar-refractivity contribution in [2.24, 2.45) is 5.41 Å². The van der Waals surface area contributed by atoms with Crippen molar-refractivity contribution in [1.29, 1.82) is 0 Å². The number of quaternary nitrogens is 1.